The molecule has 1 aliphatic carbocycles. The van der Waals surface area contributed by atoms with Crippen LogP contribution < -0.4 is 5.32 Å². The summed E-state index contributed by atoms with van der Waals surface area (Å²) in [5.41, 5.74) is 1.07. The van der Waals surface area contributed by atoms with E-state index in [9.17, 15) is 4.79 Å². The third-order valence-corrected chi connectivity index (χ3v) is 5.21. The highest BCUT2D eigenvalue weighted by Crippen LogP contribution is 2.31. The lowest BCUT2D eigenvalue weighted by Crippen LogP contribution is -2.41. The Labute approximate surface area is 136 Å². The molecule has 5 nitrogen and oxygen atoms in total. The van der Waals surface area contributed by atoms with Crippen molar-refractivity contribution >= 4 is 16.9 Å². The maximum atomic E-state index is 12.2. The molecule has 122 valence electrons. The fourth-order valence-corrected chi connectivity index (χ4v) is 3.84. The first-order chi connectivity index (χ1) is 11.3. The summed E-state index contributed by atoms with van der Waals surface area (Å²) in [5.74, 6) is 0.240. The van der Waals surface area contributed by atoms with Gasteiger partial charge in [-0.15, -0.1) is 0 Å². The third-order valence-electron chi connectivity index (χ3n) is 5.21. The van der Waals surface area contributed by atoms with Gasteiger partial charge in [-0.3, -0.25) is 4.79 Å². The van der Waals surface area contributed by atoms with Crippen LogP contribution in [-0.2, 0) is 9.53 Å². The number of hydrogen-bond acceptors (Lipinski definition) is 3. The summed E-state index contributed by atoms with van der Waals surface area (Å²) in [4.78, 5) is 16.7. The number of amides is 1. The zero-order valence-corrected chi connectivity index (χ0v) is 13.3. The molecule has 0 aromatic carbocycles. The van der Waals surface area contributed by atoms with E-state index >= 15 is 0 Å². The van der Waals surface area contributed by atoms with Crippen molar-refractivity contribution in [2.75, 3.05) is 13.2 Å². The molecule has 1 saturated heterocycles. The van der Waals surface area contributed by atoms with Crippen LogP contribution in [0.2, 0.25) is 0 Å². The van der Waals surface area contributed by atoms with Gasteiger partial charge in [0.1, 0.15) is 5.65 Å². The molecular formula is C18H23N3O2. The molecule has 1 amide bonds. The molecule has 0 radical (unpaired) electrons. The van der Waals surface area contributed by atoms with Gasteiger partial charge in [-0.2, -0.15) is 0 Å². The summed E-state index contributed by atoms with van der Waals surface area (Å²) in [6.07, 6.45) is 9.12. The molecule has 1 unspecified atom stereocenters. The number of hydrogen-bond donors (Lipinski definition) is 1. The number of carbonyl (C=O) groups excluding carboxylic acids is 1. The van der Waals surface area contributed by atoms with Gasteiger partial charge < -0.3 is 14.6 Å². The predicted octanol–water partition coefficient (Wildman–Crippen LogP) is 2.67. The second kappa shape index (κ2) is 6.32. The zero-order valence-electron chi connectivity index (χ0n) is 13.3. The summed E-state index contributed by atoms with van der Waals surface area (Å²) in [7, 11) is 0. The van der Waals surface area contributed by atoms with Crippen LogP contribution in [0.25, 0.3) is 11.0 Å². The van der Waals surface area contributed by atoms with Crippen molar-refractivity contribution in [1.29, 1.82) is 0 Å². The predicted molar refractivity (Wildman–Crippen MR) is 88.1 cm³/mol. The van der Waals surface area contributed by atoms with Gasteiger partial charge in [0.05, 0.1) is 12.5 Å². The molecule has 5 heteroatoms. The van der Waals surface area contributed by atoms with Crippen LogP contribution >= 0.6 is 0 Å². The average Bonchev–Trinajstić information content (AvgIpc) is 3.25. The Balaban J connectivity index is 1.36. The number of aromatic nitrogens is 2. The number of rotatable bonds is 3. The van der Waals surface area contributed by atoms with Gasteiger partial charge in [0.25, 0.3) is 0 Å². The fraction of sp³-hybridized carbons (Fsp3) is 0.556. The molecule has 1 saturated carbocycles. The van der Waals surface area contributed by atoms with Crippen molar-refractivity contribution < 1.29 is 9.53 Å². The molecule has 0 spiro atoms. The van der Waals surface area contributed by atoms with Crippen molar-refractivity contribution in [1.82, 2.24) is 14.9 Å². The second-order valence-corrected chi connectivity index (χ2v) is 6.71. The van der Waals surface area contributed by atoms with Crippen LogP contribution in [-0.4, -0.2) is 34.7 Å². The van der Waals surface area contributed by atoms with Crippen LogP contribution in [0.1, 0.15) is 38.1 Å². The number of pyridine rings is 1. The van der Waals surface area contributed by atoms with Gasteiger partial charge >= 0.3 is 0 Å². The molecule has 1 aliphatic heterocycles. The molecule has 3 heterocycles. The molecule has 2 aliphatic rings. The van der Waals surface area contributed by atoms with Crippen LogP contribution in [0.15, 0.2) is 30.6 Å². The molecule has 0 bridgehead atoms. The molecule has 1 N–H and O–H groups in total. The lowest BCUT2D eigenvalue weighted by Gasteiger charge is -2.30. The molecule has 2 fully saturated rings. The third kappa shape index (κ3) is 2.98. The minimum absolute atomic E-state index is 0.0605. The minimum atomic E-state index is 0.0605. The average molecular weight is 313 g/mol. The van der Waals surface area contributed by atoms with Crippen molar-refractivity contribution in [3.8, 4) is 0 Å². The van der Waals surface area contributed by atoms with Crippen LogP contribution in [0, 0.1) is 5.92 Å². The van der Waals surface area contributed by atoms with Gasteiger partial charge in [0.2, 0.25) is 5.91 Å². The first-order valence-corrected chi connectivity index (χ1v) is 8.61. The van der Waals surface area contributed by atoms with Crippen molar-refractivity contribution in [2.24, 2.45) is 5.92 Å². The Morgan fingerprint density at radius 2 is 2.09 bits per heavy atom. The van der Waals surface area contributed by atoms with E-state index in [1.165, 1.54) is 5.39 Å². The maximum Gasteiger partial charge on any atom is 0.225 e. The Morgan fingerprint density at radius 1 is 1.22 bits per heavy atom. The van der Waals surface area contributed by atoms with E-state index in [4.69, 9.17) is 4.74 Å². The van der Waals surface area contributed by atoms with E-state index in [0.717, 1.165) is 44.4 Å². The molecule has 2 aromatic rings. The van der Waals surface area contributed by atoms with Gasteiger partial charge in [0, 0.05) is 36.5 Å². The van der Waals surface area contributed by atoms with Crippen LogP contribution in [0.5, 0.6) is 0 Å². The van der Waals surface area contributed by atoms with E-state index in [2.05, 4.69) is 33.2 Å². The largest absolute Gasteiger partial charge is 0.381 e. The Bertz CT molecular complexity index is 682. The van der Waals surface area contributed by atoms with Crippen molar-refractivity contribution in [3.63, 3.8) is 0 Å². The first-order valence-electron chi connectivity index (χ1n) is 8.61. The lowest BCUT2D eigenvalue weighted by molar-refractivity contribution is -0.125. The van der Waals surface area contributed by atoms with E-state index < -0.39 is 0 Å². The topological polar surface area (TPSA) is 56.2 Å². The number of carbonyl (C=O) groups is 1. The number of nitrogens with zero attached hydrogens (tertiary/aromatic N) is 2. The molecule has 1 atom stereocenters. The summed E-state index contributed by atoms with van der Waals surface area (Å²) in [6.45, 7) is 1.31. The summed E-state index contributed by atoms with van der Waals surface area (Å²) in [5, 5.41) is 4.42. The van der Waals surface area contributed by atoms with E-state index in [1.807, 2.05) is 12.3 Å². The number of ether oxygens (including phenoxy) is 1. The Kier molecular flexibility index (Phi) is 4.04. The maximum absolute atomic E-state index is 12.2. The lowest BCUT2D eigenvalue weighted by atomic mass is 9.90. The second-order valence-electron chi connectivity index (χ2n) is 6.71. The summed E-state index contributed by atoms with van der Waals surface area (Å²) < 4.78 is 7.61. The SMILES string of the molecule is O=C(NC1CCC(n2ccc3cccnc32)CC1)C1CCOC1. The Hall–Kier alpha value is -1.88. The first kappa shape index (κ1) is 14.7. The van der Waals surface area contributed by atoms with Crippen LogP contribution in [0.3, 0.4) is 0 Å². The standard InChI is InChI=1S/C18H23N3O2/c22-18(14-8-11-23-12-14)20-15-3-5-16(6-4-15)21-10-7-13-2-1-9-19-17(13)21/h1-2,7,9-10,14-16H,3-6,8,11-12H2,(H,20,22). The fourth-order valence-electron chi connectivity index (χ4n) is 3.84. The number of fused-ring (bicyclic) bond motifs is 1. The monoisotopic (exact) mass is 313 g/mol. The van der Waals surface area contributed by atoms with Gasteiger partial charge in [0.15, 0.2) is 0 Å². The minimum Gasteiger partial charge on any atom is -0.381 e. The van der Waals surface area contributed by atoms with E-state index in [-0.39, 0.29) is 11.8 Å². The summed E-state index contributed by atoms with van der Waals surface area (Å²) in [6, 6.07) is 7.02. The molecule has 23 heavy (non-hydrogen) atoms. The van der Waals surface area contributed by atoms with Crippen LogP contribution in [0.4, 0.5) is 0 Å². The Morgan fingerprint density at radius 3 is 2.87 bits per heavy atom. The normalized spacial score (nSPS) is 28.1. The van der Waals surface area contributed by atoms with E-state index in [1.54, 1.807) is 0 Å². The van der Waals surface area contributed by atoms with E-state index in [0.29, 0.717) is 18.7 Å². The highest BCUT2D eigenvalue weighted by atomic mass is 16.5. The molecular weight excluding hydrogens is 290 g/mol. The molecule has 2 aromatic heterocycles. The number of nitrogens with one attached hydrogen (secondary N) is 1. The smallest absolute Gasteiger partial charge is 0.225 e. The van der Waals surface area contributed by atoms with Crippen molar-refractivity contribution in [2.45, 2.75) is 44.2 Å². The van der Waals surface area contributed by atoms with Gasteiger partial charge in [-0.25, -0.2) is 4.98 Å². The highest BCUT2D eigenvalue weighted by molar-refractivity contribution is 5.79. The molecule has 4 rings (SSSR count). The quantitative estimate of drug-likeness (QED) is 0.948. The van der Waals surface area contributed by atoms with Crippen molar-refractivity contribution in [3.05, 3.63) is 30.6 Å². The van der Waals surface area contributed by atoms with Gasteiger partial charge in [-0.1, -0.05) is 0 Å². The summed E-state index contributed by atoms with van der Waals surface area (Å²) >= 11 is 0. The van der Waals surface area contributed by atoms with Gasteiger partial charge in [-0.05, 0) is 50.3 Å². The highest BCUT2D eigenvalue weighted by Gasteiger charge is 2.28. The zero-order chi connectivity index (χ0) is 15.6.